The first-order chi connectivity index (χ1) is 10.5. The van der Waals surface area contributed by atoms with Crippen LogP contribution in [0.2, 0.25) is 0 Å². The third-order valence-electron chi connectivity index (χ3n) is 3.34. The summed E-state index contributed by atoms with van der Waals surface area (Å²) in [6, 6.07) is 5.44. The van der Waals surface area contributed by atoms with E-state index in [4.69, 9.17) is 14.2 Å². The van der Waals surface area contributed by atoms with Crippen LogP contribution in [0, 0.1) is 5.92 Å². The smallest absolute Gasteiger partial charge is 0.317 e. The molecule has 5 heteroatoms. The molecule has 126 valence electrons. The van der Waals surface area contributed by atoms with Crippen molar-refractivity contribution in [1.82, 2.24) is 0 Å². The molecule has 1 atom stereocenters. The van der Waals surface area contributed by atoms with E-state index in [2.05, 4.69) is 0 Å². The standard InChI is InChI=1S/C18H24O5/c1-11(19)13(16(20)23-17(2,3)4)9-12-7-8-14-15(10-12)22-18(5,6)21-14/h7-8,10,13H,9H2,1-6H3. The lowest BCUT2D eigenvalue weighted by Gasteiger charge is -2.23. The van der Waals surface area contributed by atoms with Gasteiger partial charge in [-0.3, -0.25) is 9.59 Å². The Labute approximate surface area is 136 Å². The zero-order valence-electron chi connectivity index (χ0n) is 14.6. The molecule has 0 aliphatic carbocycles. The number of carbonyl (C=O) groups is 2. The van der Waals surface area contributed by atoms with Crippen molar-refractivity contribution < 1.29 is 23.8 Å². The highest BCUT2D eigenvalue weighted by Gasteiger charge is 2.33. The summed E-state index contributed by atoms with van der Waals surface area (Å²) >= 11 is 0. The maximum atomic E-state index is 12.2. The molecule has 23 heavy (non-hydrogen) atoms. The van der Waals surface area contributed by atoms with Crippen LogP contribution in [-0.4, -0.2) is 23.1 Å². The third kappa shape index (κ3) is 4.47. The SMILES string of the molecule is CC(=O)C(Cc1ccc2c(c1)OC(C)(C)O2)C(=O)OC(C)(C)C. The molecule has 0 saturated carbocycles. The summed E-state index contributed by atoms with van der Waals surface area (Å²) in [5.74, 6) is -0.941. The largest absolute Gasteiger partial charge is 0.459 e. The van der Waals surface area contributed by atoms with Crippen LogP contribution in [0.3, 0.4) is 0 Å². The Morgan fingerprint density at radius 1 is 1.17 bits per heavy atom. The van der Waals surface area contributed by atoms with E-state index in [1.807, 2.05) is 26.0 Å². The maximum absolute atomic E-state index is 12.2. The van der Waals surface area contributed by atoms with Gasteiger partial charge in [-0.15, -0.1) is 0 Å². The van der Waals surface area contributed by atoms with Gasteiger partial charge in [-0.25, -0.2) is 0 Å². The quantitative estimate of drug-likeness (QED) is 0.629. The minimum absolute atomic E-state index is 0.211. The Morgan fingerprint density at radius 3 is 2.35 bits per heavy atom. The molecular formula is C18H24O5. The Morgan fingerprint density at radius 2 is 1.78 bits per heavy atom. The van der Waals surface area contributed by atoms with Crippen molar-refractivity contribution in [3.63, 3.8) is 0 Å². The van der Waals surface area contributed by atoms with Crippen molar-refractivity contribution in [2.75, 3.05) is 0 Å². The van der Waals surface area contributed by atoms with Crippen molar-refractivity contribution in [2.45, 2.75) is 59.4 Å². The number of benzene rings is 1. The lowest BCUT2D eigenvalue weighted by Crippen LogP contribution is -2.33. The highest BCUT2D eigenvalue weighted by atomic mass is 16.7. The number of carbonyl (C=O) groups excluding carboxylic acids is 2. The van der Waals surface area contributed by atoms with Gasteiger partial charge in [0, 0.05) is 13.8 Å². The molecule has 1 unspecified atom stereocenters. The number of ketones is 1. The molecule has 0 fully saturated rings. The Balaban J connectivity index is 2.16. The fourth-order valence-corrected chi connectivity index (χ4v) is 2.40. The number of ether oxygens (including phenoxy) is 3. The fraction of sp³-hybridized carbons (Fsp3) is 0.556. The van der Waals surface area contributed by atoms with Crippen LogP contribution in [0.5, 0.6) is 11.5 Å². The Kier molecular flexibility index (Phi) is 4.42. The predicted octanol–water partition coefficient (Wildman–Crippen LogP) is 3.28. The Bertz CT molecular complexity index is 625. The number of hydrogen-bond acceptors (Lipinski definition) is 5. The Hall–Kier alpha value is -2.04. The molecule has 1 aromatic rings. The number of fused-ring (bicyclic) bond motifs is 1. The summed E-state index contributed by atoms with van der Waals surface area (Å²) in [5.41, 5.74) is 0.208. The van der Waals surface area contributed by atoms with Gasteiger partial charge in [0.1, 0.15) is 17.3 Å². The van der Waals surface area contributed by atoms with Crippen molar-refractivity contribution >= 4 is 11.8 Å². The summed E-state index contributed by atoms with van der Waals surface area (Å²) in [6.45, 7) is 10.4. The van der Waals surface area contributed by atoms with Gasteiger partial charge in [0.15, 0.2) is 11.5 Å². The number of rotatable bonds is 4. The van der Waals surface area contributed by atoms with Crippen LogP contribution < -0.4 is 9.47 Å². The molecule has 1 aromatic carbocycles. The van der Waals surface area contributed by atoms with E-state index in [9.17, 15) is 9.59 Å². The number of hydrogen-bond donors (Lipinski definition) is 0. The lowest BCUT2D eigenvalue weighted by molar-refractivity contribution is -0.161. The van der Waals surface area contributed by atoms with Crippen LogP contribution in [0.1, 0.15) is 47.1 Å². The van der Waals surface area contributed by atoms with Crippen molar-refractivity contribution in [2.24, 2.45) is 5.92 Å². The summed E-state index contributed by atoms with van der Waals surface area (Å²) < 4.78 is 16.7. The molecule has 2 rings (SSSR count). The van der Waals surface area contributed by atoms with Gasteiger partial charge in [-0.2, -0.15) is 0 Å². The molecule has 1 aliphatic heterocycles. The molecule has 0 saturated heterocycles. The van der Waals surface area contributed by atoms with E-state index < -0.39 is 23.3 Å². The highest BCUT2D eigenvalue weighted by molar-refractivity contribution is 5.98. The third-order valence-corrected chi connectivity index (χ3v) is 3.34. The average molecular weight is 320 g/mol. The van der Waals surface area contributed by atoms with Gasteiger partial charge in [-0.05, 0) is 51.8 Å². The molecular weight excluding hydrogens is 296 g/mol. The van der Waals surface area contributed by atoms with E-state index in [1.165, 1.54) is 6.92 Å². The van der Waals surface area contributed by atoms with Gasteiger partial charge >= 0.3 is 5.97 Å². The van der Waals surface area contributed by atoms with Crippen molar-refractivity contribution in [3.05, 3.63) is 23.8 Å². The van der Waals surface area contributed by atoms with E-state index in [1.54, 1.807) is 26.8 Å². The first kappa shape index (κ1) is 17.3. The molecule has 0 aromatic heterocycles. The van der Waals surface area contributed by atoms with Gasteiger partial charge in [0.05, 0.1) is 0 Å². The topological polar surface area (TPSA) is 61.8 Å². The number of Topliss-reactive ketones (excluding diaryl/α,β-unsaturated/α-hetero) is 1. The van der Waals surface area contributed by atoms with Gasteiger partial charge < -0.3 is 14.2 Å². The molecule has 0 N–H and O–H groups in total. The second-order valence-electron chi connectivity index (χ2n) is 7.29. The molecule has 0 radical (unpaired) electrons. The minimum atomic E-state index is -0.817. The van der Waals surface area contributed by atoms with E-state index in [0.29, 0.717) is 11.5 Å². The van der Waals surface area contributed by atoms with E-state index in [-0.39, 0.29) is 12.2 Å². The van der Waals surface area contributed by atoms with E-state index >= 15 is 0 Å². The van der Waals surface area contributed by atoms with Crippen LogP contribution in [0.15, 0.2) is 18.2 Å². The van der Waals surface area contributed by atoms with Gasteiger partial charge in [0.25, 0.3) is 0 Å². The molecule has 0 spiro atoms. The summed E-state index contributed by atoms with van der Waals surface area (Å²) in [6.07, 6.45) is 0.279. The van der Waals surface area contributed by atoms with Crippen LogP contribution in [0.25, 0.3) is 0 Å². The lowest BCUT2D eigenvalue weighted by atomic mass is 9.95. The minimum Gasteiger partial charge on any atom is -0.459 e. The van der Waals surface area contributed by atoms with Crippen LogP contribution >= 0.6 is 0 Å². The predicted molar refractivity (Wildman–Crippen MR) is 85.5 cm³/mol. The summed E-state index contributed by atoms with van der Waals surface area (Å²) in [7, 11) is 0. The second kappa shape index (κ2) is 5.87. The molecule has 0 amide bonds. The maximum Gasteiger partial charge on any atom is 0.317 e. The first-order valence-electron chi connectivity index (χ1n) is 7.71. The molecule has 1 heterocycles. The molecule has 5 nitrogen and oxygen atoms in total. The summed E-state index contributed by atoms with van der Waals surface area (Å²) in [4.78, 5) is 24.1. The van der Waals surface area contributed by atoms with Crippen LogP contribution in [0.4, 0.5) is 0 Å². The average Bonchev–Trinajstić information content (AvgIpc) is 2.66. The summed E-state index contributed by atoms with van der Waals surface area (Å²) in [5, 5.41) is 0. The van der Waals surface area contributed by atoms with Crippen molar-refractivity contribution in [1.29, 1.82) is 0 Å². The van der Waals surface area contributed by atoms with Crippen molar-refractivity contribution in [3.8, 4) is 11.5 Å². The molecule has 1 aliphatic rings. The highest BCUT2D eigenvalue weighted by Crippen LogP contribution is 2.39. The second-order valence-corrected chi connectivity index (χ2v) is 7.29. The number of esters is 1. The molecule has 0 bridgehead atoms. The van der Waals surface area contributed by atoms with Gasteiger partial charge in [-0.1, -0.05) is 6.07 Å². The monoisotopic (exact) mass is 320 g/mol. The van der Waals surface area contributed by atoms with E-state index in [0.717, 1.165) is 5.56 Å². The fourth-order valence-electron chi connectivity index (χ4n) is 2.40. The first-order valence-corrected chi connectivity index (χ1v) is 7.71. The normalized spacial score (nSPS) is 16.8. The van der Waals surface area contributed by atoms with Gasteiger partial charge in [0.2, 0.25) is 5.79 Å². The zero-order valence-corrected chi connectivity index (χ0v) is 14.6. The zero-order chi connectivity index (χ0) is 17.4. The van der Waals surface area contributed by atoms with Crippen LogP contribution in [-0.2, 0) is 20.7 Å².